The van der Waals surface area contributed by atoms with Gasteiger partial charge in [0.15, 0.2) is 5.69 Å². The number of amides is 1. The molecule has 0 aliphatic carbocycles. The van der Waals surface area contributed by atoms with Crippen LogP contribution >= 0.6 is 0 Å². The predicted molar refractivity (Wildman–Crippen MR) is 112 cm³/mol. The van der Waals surface area contributed by atoms with Crippen molar-refractivity contribution in [3.63, 3.8) is 0 Å². The molecule has 0 bridgehead atoms. The lowest BCUT2D eigenvalue weighted by molar-refractivity contribution is 0.0691. The van der Waals surface area contributed by atoms with E-state index in [1.54, 1.807) is 11.0 Å². The number of rotatable bonds is 4. The van der Waals surface area contributed by atoms with Crippen LogP contribution in [0.5, 0.6) is 0 Å². The Labute approximate surface area is 171 Å². The molecule has 0 saturated carbocycles. The van der Waals surface area contributed by atoms with Crippen molar-refractivity contribution in [1.82, 2.24) is 19.0 Å². The van der Waals surface area contributed by atoms with Gasteiger partial charge in [-0.25, -0.2) is 8.42 Å². The third-order valence-corrected chi connectivity index (χ3v) is 7.10. The molecule has 0 atom stereocenters. The van der Waals surface area contributed by atoms with Crippen LogP contribution in [0.1, 0.15) is 40.2 Å². The number of benzene rings is 1. The summed E-state index contributed by atoms with van der Waals surface area (Å²) in [6, 6.07) is 9.56. The Bertz CT molecular complexity index is 993. The Hall–Kier alpha value is -2.45. The largest absolute Gasteiger partial charge is 0.335 e. The van der Waals surface area contributed by atoms with Gasteiger partial charge in [0.2, 0.25) is 10.0 Å². The highest BCUT2D eigenvalue weighted by Gasteiger charge is 2.29. The third kappa shape index (κ3) is 4.43. The molecule has 4 rings (SSSR count). The molecule has 1 aromatic heterocycles. The first-order chi connectivity index (χ1) is 13.9. The van der Waals surface area contributed by atoms with E-state index in [-0.39, 0.29) is 5.91 Å². The molecule has 1 aromatic carbocycles. The van der Waals surface area contributed by atoms with Crippen LogP contribution < -0.4 is 0 Å². The van der Waals surface area contributed by atoms with E-state index >= 15 is 0 Å². The van der Waals surface area contributed by atoms with Gasteiger partial charge in [0, 0.05) is 43.8 Å². The number of nitrogens with zero attached hydrogens (tertiary/aromatic N) is 4. The van der Waals surface area contributed by atoms with Gasteiger partial charge >= 0.3 is 0 Å². The van der Waals surface area contributed by atoms with E-state index in [9.17, 15) is 13.2 Å². The lowest BCUT2D eigenvalue weighted by atomic mass is 10.1. The monoisotopic (exact) mass is 414 g/mol. The number of aromatic nitrogens is 2. The zero-order valence-electron chi connectivity index (χ0n) is 16.6. The number of sulfonamides is 1. The molecule has 2 aromatic rings. The van der Waals surface area contributed by atoms with Gasteiger partial charge in [-0.15, -0.1) is 0 Å². The summed E-state index contributed by atoms with van der Waals surface area (Å²) in [7, 11) is -3.51. The molecule has 2 aliphatic rings. The standard InChI is InChI=1S/C21H26N4O3S/c1-17-5-7-18(8-6-17)9-15-29(27,28)24-13-11-23(12-14-24)21(26)20-16-19-4-2-3-10-25(19)22-20/h5-9,15-16H,2-4,10-14H2,1H3/b15-9+. The predicted octanol–water partition coefficient (Wildman–Crippen LogP) is 2.29. The molecular weight excluding hydrogens is 388 g/mol. The van der Waals surface area contributed by atoms with Crippen molar-refractivity contribution in [2.45, 2.75) is 32.7 Å². The van der Waals surface area contributed by atoms with Gasteiger partial charge in [-0.05, 0) is 43.9 Å². The zero-order chi connectivity index (χ0) is 20.4. The fourth-order valence-electron chi connectivity index (χ4n) is 3.76. The normalized spacial score (nSPS) is 18.2. The molecule has 0 N–H and O–H groups in total. The Morgan fingerprint density at radius 3 is 2.45 bits per heavy atom. The summed E-state index contributed by atoms with van der Waals surface area (Å²) in [4.78, 5) is 14.5. The molecule has 2 aliphatic heterocycles. The zero-order valence-corrected chi connectivity index (χ0v) is 17.4. The van der Waals surface area contributed by atoms with Gasteiger partial charge in [-0.3, -0.25) is 9.48 Å². The van der Waals surface area contributed by atoms with Crippen LogP contribution in [0.4, 0.5) is 0 Å². The van der Waals surface area contributed by atoms with Crippen LogP contribution in [0.3, 0.4) is 0 Å². The smallest absolute Gasteiger partial charge is 0.274 e. The number of hydrogen-bond donors (Lipinski definition) is 0. The number of hydrogen-bond acceptors (Lipinski definition) is 4. The molecule has 7 nitrogen and oxygen atoms in total. The third-order valence-electron chi connectivity index (χ3n) is 5.53. The number of fused-ring (bicyclic) bond motifs is 1. The second-order valence-corrected chi connectivity index (χ2v) is 9.47. The van der Waals surface area contributed by atoms with Crippen molar-refractivity contribution in [1.29, 1.82) is 0 Å². The first kappa shape index (κ1) is 19.8. The second-order valence-electron chi connectivity index (χ2n) is 7.65. The average Bonchev–Trinajstić information content (AvgIpc) is 3.17. The maximum absolute atomic E-state index is 12.8. The fourth-order valence-corrected chi connectivity index (χ4v) is 4.93. The van der Waals surface area contributed by atoms with Crippen LogP contribution in [0, 0.1) is 6.92 Å². The van der Waals surface area contributed by atoms with Crippen LogP contribution in [-0.4, -0.2) is 59.5 Å². The van der Waals surface area contributed by atoms with E-state index in [4.69, 9.17) is 0 Å². The average molecular weight is 415 g/mol. The molecule has 8 heteroatoms. The molecule has 1 fully saturated rings. The number of aryl methyl sites for hydroxylation is 3. The maximum atomic E-state index is 12.8. The summed E-state index contributed by atoms with van der Waals surface area (Å²) in [5, 5.41) is 5.69. The summed E-state index contributed by atoms with van der Waals surface area (Å²) in [5.41, 5.74) is 3.56. The van der Waals surface area contributed by atoms with Gasteiger partial charge in [0.1, 0.15) is 0 Å². The fraction of sp³-hybridized carbons (Fsp3) is 0.429. The Balaban J connectivity index is 1.37. The molecule has 1 amide bonds. The highest BCUT2D eigenvalue weighted by atomic mass is 32.2. The van der Waals surface area contributed by atoms with Crippen molar-refractivity contribution in [2.24, 2.45) is 0 Å². The van der Waals surface area contributed by atoms with Crippen LogP contribution in [0.15, 0.2) is 35.7 Å². The van der Waals surface area contributed by atoms with Crippen molar-refractivity contribution in [2.75, 3.05) is 26.2 Å². The van der Waals surface area contributed by atoms with Crippen molar-refractivity contribution < 1.29 is 13.2 Å². The minimum absolute atomic E-state index is 0.112. The second kappa shape index (κ2) is 8.12. The quantitative estimate of drug-likeness (QED) is 0.769. The van der Waals surface area contributed by atoms with Gasteiger partial charge in [-0.1, -0.05) is 29.8 Å². The number of piperazine rings is 1. The van der Waals surface area contributed by atoms with Gasteiger partial charge in [-0.2, -0.15) is 9.40 Å². The van der Waals surface area contributed by atoms with Crippen molar-refractivity contribution >= 4 is 22.0 Å². The maximum Gasteiger partial charge on any atom is 0.274 e. The van der Waals surface area contributed by atoms with Gasteiger partial charge in [0.25, 0.3) is 5.91 Å². The topological polar surface area (TPSA) is 75.5 Å². The summed E-state index contributed by atoms with van der Waals surface area (Å²) in [6.45, 7) is 4.18. The number of carbonyl (C=O) groups excluding carboxylic acids is 1. The van der Waals surface area contributed by atoms with E-state index in [0.29, 0.717) is 31.9 Å². The van der Waals surface area contributed by atoms with E-state index in [1.165, 1.54) is 9.71 Å². The minimum Gasteiger partial charge on any atom is -0.335 e. The van der Waals surface area contributed by atoms with E-state index in [2.05, 4.69) is 5.10 Å². The molecular formula is C21H26N4O3S. The first-order valence-corrected chi connectivity index (χ1v) is 11.5. The number of carbonyl (C=O) groups is 1. The summed E-state index contributed by atoms with van der Waals surface area (Å²) >= 11 is 0. The lowest BCUT2D eigenvalue weighted by Gasteiger charge is -2.32. The van der Waals surface area contributed by atoms with Crippen LogP contribution in [0.25, 0.3) is 6.08 Å². The van der Waals surface area contributed by atoms with E-state index in [0.717, 1.165) is 42.6 Å². The minimum atomic E-state index is -3.51. The first-order valence-electron chi connectivity index (χ1n) is 10.0. The summed E-state index contributed by atoms with van der Waals surface area (Å²) in [5.74, 6) is -0.112. The molecule has 0 radical (unpaired) electrons. The summed E-state index contributed by atoms with van der Waals surface area (Å²) < 4.78 is 28.6. The van der Waals surface area contributed by atoms with E-state index in [1.807, 2.05) is 41.9 Å². The summed E-state index contributed by atoms with van der Waals surface area (Å²) in [6.07, 6.45) is 4.79. The highest BCUT2D eigenvalue weighted by Crippen LogP contribution is 2.18. The van der Waals surface area contributed by atoms with Crippen molar-refractivity contribution in [3.8, 4) is 0 Å². The SMILES string of the molecule is Cc1ccc(/C=C/S(=O)(=O)N2CCN(C(=O)c3cc4n(n3)CCCC4)CC2)cc1. The lowest BCUT2D eigenvalue weighted by Crippen LogP contribution is -2.50. The molecule has 0 unspecified atom stereocenters. The Kier molecular flexibility index (Phi) is 5.56. The molecule has 3 heterocycles. The molecule has 154 valence electrons. The van der Waals surface area contributed by atoms with Gasteiger partial charge < -0.3 is 4.90 Å². The molecule has 29 heavy (non-hydrogen) atoms. The van der Waals surface area contributed by atoms with Crippen LogP contribution in [0.2, 0.25) is 0 Å². The molecule has 0 spiro atoms. The molecule has 1 saturated heterocycles. The Morgan fingerprint density at radius 2 is 1.76 bits per heavy atom. The highest BCUT2D eigenvalue weighted by molar-refractivity contribution is 7.92. The van der Waals surface area contributed by atoms with Crippen LogP contribution in [-0.2, 0) is 23.0 Å². The van der Waals surface area contributed by atoms with Gasteiger partial charge in [0.05, 0.1) is 0 Å². The van der Waals surface area contributed by atoms with Crippen molar-refractivity contribution in [3.05, 3.63) is 58.3 Å². The Morgan fingerprint density at radius 1 is 1.03 bits per heavy atom. The van der Waals surface area contributed by atoms with E-state index < -0.39 is 10.0 Å².